The van der Waals surface area contributed by atoms with Gasteiger partial charge >= 0.3 is 0 Å². The van der Waals surface area contributed by atoms with Gasteiger partial charge in [-0.2, -0.15) is 0 Å². The van der Waals surface area contributed by atoms with Gasteiger partial charge in [0.1, 0.15) is 6.04 Å². The fourth-order valence-corrected chi connectivity index (χ4v) is 5.01. The predicted octanol–water partition coefficient (Wildman–Crippen LogP) is 6.27. The lowest BCUT2D eigenvalue weighted by atomic mass is 10.0. The summed E-state index contributed by atoms with van der Waals surface area (Å²) in [6.07, 6.45) is 0.371. The quantitative estimate of drug-likeness (QED) is 0.333. The minimum atomic E-state index is -0.719. The van der Waals surface area contributed by atoms with E-state index in [0.717, 1.165) is 11.1 Å². The highest BCUT2D eigenvalue weighted by Crippen LogP contribution is 2.28. The zero-order valence-electron chi connectivity index (χ0n) is 18.6. The van der Waals surface area contributed by atoms with Crippen molar-refractivity contribution >= 4 is 58.4 Å². The summed E-state index contributed by atoms with van der Waals surface area (Å²) in [4.78, 5) is 28.0. The second kappa shape index (κ2) is 13.1. The van der Waals surface area contributed by atoms with Gasteiger partial charge in [-0.15, -0.1) is 11.8 Å². The van der Waals surface area contributed by atoms with Gasteiger partial charge in [0, 0.05) is 46.4 Å². The highest BCUT2D eigenvalue weighted by Gasteiger charge is 2.30. The third-order valence-corrected chi connectivity index (χ3v) is 7.26. The number of rotatable bonds is 10. The predicted molar refractivity (Wildman–Crippen MR) is 143 cm³/mol. The molecule has 2 amide bonds. The molecule has 1 N–H and O–H groups in total. The summed E-state index contributed by atoms with van der Waals surface area (Å²) in [5.74, 6) is 0.433. The molecule has 0 radical (unpaired) electrons. The topological polar surface area (TPSA) is 49.4 Å². The van der Waals surface area contributed by atoms with Crippen LogP contribution in [0.25, 0.3) is 0 Å². The Balaban J connectivity index is 1.85. The molecule has 8 heteroatoms. The Morgan fingerprint density at radius 3 is 2.15 bits per heavy atom. The average Bonchev–Trinajstić information content (AvgIpc) is 2.84. The summed E-state index contributed by atoms with van der Waals surface area (Å²) in [7, 11) is 1.57. The number of carbonyl (C=O) groups excluding carboxylic acids is 2. The van der Waals surface area contributed by atoms with Gasteiger partial charge < -0.3 is 10.2 Å². The van der Waals surface area contributed by atoms with Gasteiger partial charge in [0.05, 0.1) is 5.75 Å². The number of likely N-dealkylation sites (N-methyl/N-ethyl adjacent to an activating group) is 1. The van der Waals surface area contributed by atoms with Crippen molar-refractivity contribution in [1.29, 1.82) is 0 Å². The number of hydrogen-bond donors (Lipinski definition) is 1. The van der Waals surface area contributed by atoms with Gasteiger partial charge in [0.2, 0.25) is 11.8 Å². The molecule has 0 saturated heterocycles. The molecule has 0 aliphatic carbocycles. The first-order valence-corrected chi connectivity index (χ1v) is 13.0. The van der Waals surface area contributed by atoms with E-state index < -0.39 is 6.04 Å². The molecule has 3 rings (SSSR count). The molecule has 0 aliphatic rings. The molecule has 3 aromatic rings. The van der Waals surface area contributed by atoms with E-state index in [9.17, 15) is 9.59 Å². The van der Waals surface area contributed by atoms with Crippen LogP contribution in [0.15, 0.2) is 72.8 Å². The van der Waals surface area contributed by atoms with E-state index in [2.05, 4.69) is 5.32 Å². The fourth-order valence-electron chi connectivity index (χ4n) is 3.49. The van der Waals surface area contributed by atoms with Crippen molar-refractivity contribution in [2.75, 3.05) is 12.8 Å². The molecule has 0 spiro atoms. The normalized spacial score (nSPS) is 11.6. The molecule has 0 aromatic heterocycles. The average molecular weight is 536 g/mol. The highest BCUT2D eigenvalue weighted by molar-refractivity contribution is 7.99. The SMILES string of the molecule is CNC(=O)[C@H](Cc1ccccc1)N(Cc1c(Cl)cccc1Cl)C(=O)CSCc1ccc(Cl)cc1. The lowest BCUT2D eigenvalue weighted by Crippen LogP contribution is -2.50. The monoisotopic (exact) mass is 534 g/mol. The second-order valence-corrected chi connectivity index (χ2v) is 9.90. The van der Waals surface area contributed by atoms with E-state index in [-0.39, 0.29) is 24.1 Å². The lowest BCUT2D eigenvalue weighted by Gasteiger charge is -2.31. The van der Waals surface area contributed by atoms with E-state index in [4.69, 9.17) is 34.8 Å². The summed E-state index contributed by atoms with van der Waals surface area (Å²) in [5, 5.41) is 4.28. The number of benzene rings is 3. The van der Waals surface area contributed by atoms with Crippen LogP contribution in [0.4, 0.5) is 0 Å². The van der Waals surface area contributed by atoms with Crippen LogP contribution in [0.3, 0.4) is 0 Å². The molecule has 178 valence electrons. The van der Waals surface area contributed by atoms with Crippen LogP contribution >= 0.6 is 46.6 Å². The smallest absolute Gasteiger partial charge is 0.242 e. The number of nitrogens with one attached hydrogen (secondary N) is 1. The Hall–Kier alpha value is -2.18. The largest absolute Gasteiger partial charge is 0.357 e. The van der Waals surface area contributed by atoms with Crippen molar-refractivity contribution in [2.24, 2.45) is 0 Å². The highest BCUT2D eigenvalue weighted by atomic mass is 35.5. The van der Waals surface area contributed by atoms with E-state index in [1.54, 1.807) is 30.1 Å². The fraction of sp³-hybridized carbons (Fsp3) is 0.231. The third-order valence-electron chi connectivity index (χ3n) is 5.32. The van der Waals surface area contributed by atoms with Crippen molar-refractivity contribution in [3.05, 3.63) is 105 Å². The molecule has 0 bridgehead atoms. The summed E-state index contributed by atoms with van der Waals surface area (Å²) >= 11 is 20.3. The molecular weight excluding hydrogens is 511 g/mol. The van der Waals surface area contributed by atoms with Crippen molar-refractivity contribution in [2.45, 2.75) is 24.8 Å². The standard InChI is InChI=1S/C26H25Cl3N2O2S/c1-30-26(33)24(14-18-6-3-2-4-7-18)31(15-21-22(28)8-5-9-23(21)29)25(32)17-34-16-19-10-12-20(27)13-11-19/h2-13,24H,14-17H2,1H3,(H,30,33)/t24-/m0/s1. The Morgan fingerprint density at radius 2 is 1.53 bits per heavy atom. The number of amides is 2. The molecule has 0 heterocycles. The molecule has 0 aliphatic heterocycles. The van der Waals surface area contributed by atoms with Gasteiger partial charge in [-0.1, -0.05) is 83.3 Å². The van der Waals surface area contributed by atoms with Crippen molar-refractivity contribution in [3.8, 4) is 0 Å². The molecule has 3 aromatic carbocycles. The number of halogens is 3. The summed E-state index contributed by atoms with van der Waals surface area (Å²) in [6, 6.07) is 21.6. The van der Waals surface area contributed by atoms with Gasteiger partial charge in [-0.25, -0.2) is 0 Å². The Morgan fingerprint density at radius 1 is 0.882 bits per heavy atom. The first-order valence-electron chi connectivity index (χ1n) is 10.7. The molecule has 4 nitrogen and oxygen atoms in total. The first kappa shape index (κ1) is 26.4. The molecule has 34 heavy (non-hydrogen) atoms. The zero-order chi connectivity index (χ0) is 24.5. The van der Waals surface area contributed by atoms with Crippen LogP contribution in [0.1, 0.15) is 16.7 Å². The number of thioether (sulfide) groups is 1. The van der Waals surface area contributed by atoms with Crippen LogP contribution in [0, 0.1) is 0 Å². The van der Waals surface area contributed by atoms with Crippen molar-refractivity contribution in [1.82, 2.24) is 10.2 Å². The van der Waals surface area contributed by atoms with E-state index >= 15 is 0 Å². The minimum Gasteiger partial charge on any atom is -0.357 e. The summed E-state index contributed by atoms with van der Waals surface area (Å²) in [6.45, 7) is 0.129. The van der Waals surface area contributed by atoms with Gasteiger partial charge in [-0.05, 0) is 35.4 Å². The Kier molecular flexibility index (Phi) is 10.1. The second-order valence-electron chi connectivity index (χ2n) is 7.66. The summed E-state index contributed by atoms with van der Waals surface area (Å²) < 4.78 is 0. The van der Waals surface area contributed by atoms with Crippen molar-refractivity contribution < 1.29 is 9.59 Å². The van der Waals surface area contributed by atoms with E-state index in [0.29, 0.717) is 32.8 Å². The van der Waals surface area contributed by atoms with Crippen LogP contribution in [-0.4, -0.2) is 35.6 Å². The van der Waals surface area contributed by atoms with Crippen LogP contribution in [-0.2, 0) is 28.3 Å². The maximum absolute atomic E-state index is 13.5. The Labute approximate surface area is 219 Å². The first-order chi connectivity index (χ1) is 16.4. The van der Waals surface area contributed by atoms with Crippen LogP contribution < -0.4 is 5.32 Å². The molecule has 1 atom stereocenters. The Bertz CT molecular complexity index is 1090. The zero-order valence-corrected chi connectivity index (χ0v) is 21.7. The number of hydrogen-bond acceptors (Lipinski definition) is 3. The third kappa shape index (κ3) is 7.41. The number of carbonyl (C=O) groups is 2. The molecule has 0 fully saturated rings. The maximum atomic E-state index is 13.5. The molecule has 0 unspecified atom stereocenters. The molecular formula is C26H25Cl3N2O2S. The lowest BCUT2D eigenvalue weighted by molar-refractivity contribution is -0.139. The molecule has 0 saturated carbocycles. The minimum absolute atomic E-state index is 0.129. The van der Waals surface area contributed by atoms with Gasteiger partial charge in [0.25, 0.3) is 0 Å². The van der Waals surface area contributed by atoms with Gasteiger partial charge in [0.15, 0.2) is 0 Å². The van der Waals surface area contributed by atoms with E-state index in [1.165, 1.54) is 11.8 Å². The van der Waals surface area contributed by atoms with E-state index in [1.807, 2.05) is 54.6 Å². The summed E-state index contributed by atoms with van der Waals surface area (Å²) in [5.41, 5.74) is 2.63. The van der Waals surface area contributed by atoms with Gasteiger partial charge in [-0.3, -0.25) is 9.59 Å². The van der Waals surface area contributed by atoms with Crippen molar-refractivity contribution in [3.63, 3.8) is 0 Å². The maximum Gasteiger partial charge on any atom is 0.242 e. The van der Waals surface area contributed by atoms with Crippen LogP contribution in [0.2, 0.25) is 15.1 Å². The number of nitrogens with zero attached hydrogens (tertiary/aromatic N) is 1. The van der Waals surface area contributed by atoms with Crippen LogP contribution in [0.5, 0.6) is 0 Å².